The second kappa shape index (κ2) is 5.08. The monoisotopic (exact) mass is 291 g/mol. The number of rotatable bonds is 3. The number of nitrogens with zero attached hydrogens (tertiary/aromatic N) is 3. The summed E-state index contributed by atoms with van der Waals surface area (Å²) in [5, 5.41) is 4.02. The fourth-order valence-electron chi connectivity index (χ4n) is 1.53. The lowest BCUT2D eigenvalue weighted by atomic mass is 10.3. The maximum atomic E-state index is 12.2. The molecule has 0 spiro atoms. The van der Waals surface area contributed by atoms with Crippen molar-refractivity contribution in [3.63, 3.8) is 0 Å². The maximum Gasteiger partial charge on any atom is 0.574 e. The molecule has 2 aromatic heterocycles. The van der Waals surface area contributed by atoms with Crippen LogP contribution in [0.4, 0.5) is 13.2 Å². The second-order valence-electron chi connectivity index (χ2n) is 3.60. The molecule has 0 atom stereocenters. The Bertz CT molecular complexity index is 583. The Morgan fingerprint density at radius 2 is 2.16 bits per heavy atom. The highest BCUT2D eigenvalue weighted by atomic mass is 35.5. The van der Waals surface area contributed by atoms with Crippen LogP contribution in [0.25, 0.3) is 5.82 Å². The first-order valence-corrected chi connectivity index (χ1v) is 5.74. The Kier molecular flexibility index (Phi) is 3.66. The summed E-state index contributed by atoms with van der Waals surface area (Å²) in [6.45, 7) is 1.78. The molecule has 0 radical (unpaired) electrons. The summed E-state index contributed by atoms with van der Waals surface area (Å²) in [6, 6.07) is 4.40. The van der Waals surface area contributed by atoms with Crippen LogP contribution in [-0.2, 0) is 6.42 Å². The van der Waals surface area contributed by atoms with Crippen LogP contribution in [0.2, 0.25) is 5.02 Å². The van der Waals surface area contributed by atoms with Gasteiger partial charge in [-0.2, -0.15) is 0 Å². The Balaban J connectivity index is 2.43. The highest BCUT2D eigenvalue weighted by molar-refractivity contribution is 6.32. The van der Waals surface area contributed by atoms with E-state index in [4.69, 9.17) is 11.6 Å². The molecule has 0 N–H and O–H groups in total. The van der Waals surface area contributed by atoms with Gasteiger partial charge in [0.2, 0.25) is 5.88 Å². The maximum absolute atomic E-state index is 12.2. The summed E-state index contributed by atoms with van der Waals surface area (Å²) in [4.78, 5) is 4.00. The third-order valence-electron chi connectivity index (χ3n) is 2.28. The van der Waals surface area contributed by atoms with Gasteiger partial charge < -0.3 is 4.74 Å². The molecule has 2 aromatic rings. The molecule has 2 rings (SSSR count). The second-order valence-corrected chi connectivity index (χ2v) is 4.00. The molecule has 0 saturated carbocycles. The predicted molar refractivity (Wildman–Crippen MR) is 62.4 cm³/mol. The number of aryl methyl sites for hydroxylation is 1. The van der Waals surface area contributed by atoms with Crippen LogP contribution in [0, 0.1) is 0 Å². The zero-order valence-corrected chi connectivity index (χ0v) is 10.5. The van der Waals surface area contributed by atoms with E-state index in [1.165, 1.54) is 16.9 Å². The molecule has 0 amide bonds. The van der Waals surface area contributed by atoms with Gasteiger partial charge in [0.25, 0.3) is 0 Å². The summed E-state index contributed by atoms with van der Waals surface area (Å²) in [5.41, 5.74) is 0.514. The fourth-order valence-corrected chi connectivity index (χ4v) is 1.73. The molecule has 0 saturated heterocycles. The zero-order valence-electron chi connectivity index (χ0n) is 9.78. The minimum atomic E-state index is -4.78. The highest BCUT2D eigenvalue weighted by Gasteiger charge is 2.32. The number of halogens is 4. The first-order chi connectivity index (χ1) is 8.90. The minimum Gasteiger partial charge on any atom is -0.386 e. The molecule has 0 aliphatic rings. The molecule has 0 aliphatic carbocycles. The molecule has 0 bridgehead atoms. The van der Waals surface area contributed by atoms with Gasteiger partial charge in [0.05, 0.1) is 5.02 Å². The number of hydrogen-bond donors (Lipinski definition) is 0. The number of ether oxygens (including phenoxy) is 1. The van der Waals surface area contributed by atoms with Crippen LogP contribution in [0.3, 0.4) is 0 Å². The average molecular weight is 292 g/mol. The first kappa shape index (κ1) is 13.7. The van der Waals surface area contributed by atoms with Gasteiger partial charge in [-0.25, -0.2) is 9.67 Å². The average Bonchev–Trinajstić information content (AvgIpc) is 2.70. The normalized spacial score (nSPS) is 11.6. The van der Waals surface area contributed by atoms with E-state index in [1.807, 2.05) is 0 Å². The van der Waals surface area contributed by atoms with Gasteiger partial charge >= 0.3 is 6.36 Å². The van der Waals surface area contributed by atoms with E-state index in [9.17, 15) is 13.2 Å². The summed E-state index contributed by atoms with van der Waals surface area (Å²) >= 11 is 5.94. The van der Waals surface area contributed by atoms with Crippen LogP contribution in [-0.4, -0.2) is 21.1 Å². The molecule has 0 aliphatic heterocycles. The zero-order chi connectivity index (χ0) is 14.0. The van der Waals surface area contributed by atoms with Crippen molar-refractivity contribution < 1.29 is 17.9 Å². The van der Waals surface area contributed by atoms with Gasteiger partial charge in [0, 0.05) is 18.0 Å². The molecule has 19 heavy (non-hydrogen) atoms. The lowest BCUT2D eigenvalue weighted by Gasteiger charge is -2.06. The SMILES string of the molecule is CCc1cc(OC(F)(F)F)nn1-c1ncccc1Cl. The largest absolute Gasteiger partial charge is 0.574 e. The molecule has 0 unspecified atom stereocenters. The van der Waals surface area contributed by atoms with E-state index in [0.717, 1.165) is 0 Å². The highest BCUT2D eigenvalue weighted by Crippen LogP contribution is 2.25. The van der Waals surface area contributed by atoms with Crippen molar-refractivity contribution in [3.05, 3.63) is 35.1 Å². The van der Waals surface area contributed by atoms with Crippen LogP contribution < -0.4 is 4.74 Å². The van der Waals surface area contributed by atoms with Crippen LogP contribution in [0.1, 0.15) is 12.6 Å². The molecular formula is C11H9ClF3N3O. The molecule has 8 heteroatoms. The van der Waals surface area contributed by atoms with E-state index in [1.54, 1.807) is 19.1 Å². The van der Waals surface area contributed by atoms with E-state index in [-0.39, 0.29) is 5.82 Å². The third-order valence-corrected chi connectivity index (χ3v) is 2.58. The number of alkyl halides is 3. The number of pyridine rings is 1. The van der Waals surface area contributed by atoms with Crippen molar-refractivity contribution in [1.82, 2.24) is 14.8 Å². The quantitative estimate of drug-likeness (QED) is 0.870. The Morgan fingerprint density at radius 1 is 1.42 bits per heavy atom. The van der Waals surface area contributed by atoms with E-state index in [0.29, 0.717) is 17.1 Å². The summed E-state index contributed by atoms with van der Waals surface area (Å²) < 4.78 is 41.5. The van der Waals surface area contributed by atoms with Crippen molar-refractivity contribution in [2.24, 2.45) is 0 Å². The fraction of sp³-hybridized carbons (Fsp3) is 0.273. The summed E-state index contributed by atoms with van der Waals surface area (Å²) in [7, 11) is 0. The van der Waals surface area contributed by atoms with Gasteiger partial charge in [-0.3, -0.25) is 0 Å². The lowest BCUT2D eigenvalue weighted by molar-refractivity contribution is -0.276. The topological polar surface area (TPSA) is 39.9 Å². The number of hydrogen-bond acceptors (Lipinski definition) is 3. The van der Waals surface area contributed by atoms with Crippen LogP contribution in [0.15, 0.2) is 24.4 Å². The van der Waals surface area contributed by atoms with Crippen molar-refractivity contribution in [2.45, 2.75) is 19.7 Å². The van der Waals surface area contributed by atoms with Gasteiger partial charge in [-0.15, -0.1) is 18.3 Å². The Morgan fingerprint density at radius 3 is 2.74 bits per heavy atom. The Labute approximate surface area is 111 Å². The van der Waals surface area contributed by atoms with Crippen molar-refractivity contribution in [2.75, 3.05) is 0 Å². The van der Waals surface area contributed by atoms with Crippen molar-refractivity contribution in [3.8, 4) is 11.7 Å². The molecular weight excluding hydrogens is 283 g/mol. The predicted octanol–water partition coefficient (Wildman–Crippen LogP) is 3.38. The molecule has 4 nitrogen and oxygen atoms in total. The van der Waals surface area contributed by atoms with Gasteiger partial charge in [0.1, 0.15) is 0 Å². The van der Waals surface area contributed by atoms with E-state index >= 15 is 0 Å². The summed E-state index contributed by atoms with van der Waals surface area (Å²) in [6.07, 6.45) is -2.84. The minimum absolute atomic E-state index is 0.262. The number of aromatic nitrogens is 3. The first-order valence-electron chi connectivity index (χ1n) is 5.36. The molecule has 0 fully saturated rings. The van der Waals surface area contributed by atoms with Gasteiger partial charge in [0.15, 0.2) is 5.82 Å². The van der Waals surface area contributed by atoms with Crippen LogP contribution in [0.5, 0.6) is 5.88 Å². The lowest BCUT2D eigenvalue weighted by Crippen LogP contribution is -2.17. The molecule has 0 aromatic carbocycles. The summed E-state index contributed by atoms with van der Waals surface area (Å²) in [5.74, 6) is -0.274. The third kappa shape index (κ3) is 3.17. The standard InChI is InChI=1S/C11H9ClF3N3O/c1-2-7-6-9(19-11(13,14)15)17-18(7)10-8(12)4-3-5-16-10/h3-6H,2H2,1H3. The Hall–Kier alpha value is -1.76. The van der Waals surface area contributed by atoms with Crippen molar-refractivity contribution in [1.29, 1.82) is 0 Å². The van der Waals surface area contributed by atoms with Gasteiger partial charge in [-0.1, -0.05) is 18.5 Å². The van der Waals surface area contributed by atoms with Crippen LogP contribution >= 0.6 is 11.6 Å². The van der Waals surface area contributed by atoms with E-state index < -0.39 is 12.2 Å². The molecule has 102 valence electrons. The van der Waals surface area contributed by atoms with E-state index in [2.05, 4.69) is 14.8 Å². The van der Waals surface area contributed by atoms with Crippen molar-refractivity contribution >= 4 is 11.6 Å². The van der Waals surface area contributed by atoms with Gasteiger partial charge in [-0.05, 0) is 18.6 Å². The smallest absolute Gasteiger partial charge is 0.386 e. The molecule has 2 heterocycles.